The molecule has 24 heavy (non-hydrogen) atoms. The van der Waals surface area contributed by atoms with Crippen LogP contribution >= 0.6 is 0 Å². The molecule has 3 heteroatoms. The summed E-state index contributed by atoms with van der Waals surface area (Å²) in [6, 6.07) is 19.1. The van der Waals surface area contributed by atoms with Crippen LogP contribution < -0.4 is 0 Å². The van der Waals surface area contributed by atoms with Gasteiger partial charge in [-0.05, 0) is 18.1 Å². The van der Waals surface area contributed by atoms with E-state index in [0.717, 1.165) is 13.1 Å². The zero-order valence-corrected chi connectivity index (χ0v) is 14.4. The number of aryl methyl sites for hydroxylation is 1. The molecule has 1 aliphatic heterocycles. The lowest BCUT2D eigenvalue weighted by Gasteiger charge is -2.37. The summed E-state index contributed by atoms with van der Waals surface area (Å²) in [4.78, 5) is 2.36. The monoisotopic (exact) mass is 325 g/mol. The average molecular weight is 325 g/mol. The van der Waals surface area contributed by atoms with Crippen LogP contribution in [0.5, 0.6) is 0 Å². The third-order valence-corrected chi connectivity index (χ3v) is 4.68. The van der Waals surface area contributed by atoms with Crippen molar-refractivity contribution < 1.29 is 9.84 Å². The minimum atomic E-state index is -0.642. The second kappa shape index (κ2) is 7.93. The van der Waals surface area contributed by atoms with E-state index < -0.39 is 5.60 Å². The molecule has 1 aliphatic rings. The zero-order valence-electron chi connectivity index (χ0n) is 14.4. The Morgan fingerprint density at radius 2 is 1.62 bits per heavy atom. The molecule has 0 radical (unpaired) electrons. The van der Waals surface area contributed by atoms with Gasteiger partial charge in [0.1, 0.15) is 0 Å². The number of nitrogens with zero attached hydrogens (tertiary/aromatic N) is 1. The van der Waals surface area contributed by atoms with Crippen molar-refractivity contribution in [2.24, 2.45) is 0 Å². The smallest absolute Gasteiger partial charge is 0.0818 e. The molecule has 2 aromatic rings. The van der Waals surface area contributed by atoms with Gasteiger partial charge in [0.15, 0.2) is 0 Å². The van der Waals surface area contributed by atoms with Crippen LogP contribution in [0.15, 0.2) is 54.6 Å². The Kier molecular flexibility index (Phi) is 5.67. The zero-order chi connectivity index (χ0) is 16.8. The van der Waals surface area contributed by atoms with E-state index in [1.54, 1.807) is 0 Å². The van der Waals surface area contributed by atoms with Gasteiger partial charge < -0.3 is 9.84 Å². The number of rotatable bonds is 6. The standard InChI is InChI=1S/C21H27NO2/c1-18-6-5-9-20(14-18)16-22(15-19-7-3-2-4-8-19)17-21(23)10-12-24-13-11-21/h2-9,14,23H,10-13,15-17H2,1H3. The molecule has 0 saturated carbocycles. The lowest BCUT2D eigenvalue weighted by Crippen LogP contribution is -2.46. The molecule has 0 atom stereocenters. The van der Waals surface area contributed by atoms with Crippen molar-refractivity contribution in [1.82, 2.24) is 4.90 Å². The van der Waals surface area contributed by atoms with Gasteiger partial charge in [-0.25, -0.2) is 0 Å². The van der Waals surface area contributed by atoms with Gasteiger partial charge in [-0.3, -0.25) is 4.90 Å². The molecule has 3 rings (SSSR count). The van der Waals surface area contributed by atoms with Crippen molar-refractivity contribution in [1.29, 1.82) is 0 Å². The van der Waals surface area contributed by atoms with Gasteiger partial charge in [0, 0.05) is 45.7 Å². The molecule has 0 aliphatic carbocycles. The van der Waals surface area contributed by atoms with Gasteiger partial charge in [0.25, 0.3) is 0 Å². The van der Waals surface area contributed by atoms with Crippen molar-refractivity contribution in [3.05, 3.63) is 71.3 Å². The molecule has 1 fully saturated rings. The van der Waals surface area contributed by atoms with E-state index in [1.807, 2.05) is 6.07 Å². The number of hydrogen-bond acceptors (Lipinski definition) is 3. The summed E-state index contributed by atoms with van der Waals surface area (Å²) in [6.07, 6.45) is 1.43. The van der Waals surface area contributed by atoms with Gasteiger partial charge in [-0.2, -0.15) is 0 Å². The van der Waals surface area contributed by atoms with Gasteiger partial charge in [0.2, 0.25) is 0 Å². The largest absolute Gasteiger partial charge is 0.388 e. The third kappa shape index (κ3) is 4.91. The fourth-order valence-corrected chi connectivity index (χ4v) is 3.40. The summed E-state index contributed by atoms with van der Waals surface area (Å²) in [5.74, 6) is 0. The van der Waals surface area contributed by atoms with Crippen molar-refractivity contribution in [3.63, 3.8) is 0 Å². The van der Waals surface area contributed by atoms with E-state index in [2.05, 4.69) is 60.4 Å². The molecule has 3 nitrogen and oxygen atoms in total. The van der Waals surface area contributed by atoms with Crippen LogP contribution in [-0.2, 0) is 17.8 Å². The second-order valence-electron chi connectivity index (χ2n) is 6.96. The molecule has 0 amide bonds. The average Bonchev–Trinajstić information content (AvgIpc) is 2.56. The van der Waals surface area contributed by atoms with Crippen LogP contribution in [0, 0.1) is 6.92 Å². The topological polar surface area (TPSA) is 32.7 Å². The second-order valence-corrected chi connectivity index (χ2v) is 6.96. The van der Waals surface area contributed by atoms with Crippen LogP contribution in [0.1, 0.15) is 29.5 Å². The third-order valence-electron chi connectivity index (χ3n) is 4.68. The van der Waals surface area contributed by atoms with Gasteiger partial charge in [-0.15, -0.1) is 0 Å². The fraction of sp³-hybridized carbons (Fsp3) is 0.429. The Labute approximate surface area is 144 Å². The van der Waals surface area contributed by atoms with E-state index >= 15 is 0 Å². The highest BCUT2D eigenvalue weighted by molar-refractivity contribution is 5.22. The Bertz CT molecular complexity index is 635. The lowest BCUT2D eigenvalue weighted by atomic mass is 9.93. The molecule has 2 aromatic carbocycles. The Morgan fingerprint density at radius 1 is 0.958 bits per heavy atom. The van der Waals surface area contributed by atoms with Crippen LogP contribution in [0.2, 0.25) is 0 Å². The van der Waals surface area contributed by atoms with Crippen molar-refractivity contribution in [2.75, 3.05) is 19.8 Å². The molecule has 1 heterocycles. The minimum absolute atomic E-state index is 0.642. The summed E-state index contributed by atoms with van der Waals surface area (Å²) in [5, 5.41) is 10.9. The van der Waals surface area contributed by atoms with Gasteiger partial charge in [-0.1, -0.05) is 60.2 Å². The van der Waals surface area contributed by atoms with Crippen LogP contribution in [0.25, 0.3) is 0 Å². The summed E-state index contributed by atoms with van der Waals surface area (Å²) in [7, 11) is 0. The predicted octanol–water partition coefficient (Wildman–Crippen LogP) is 3.54. The summed E-state index contributed by atoms with van der Waals surface area (Å²) < 4.78 is 5.42. The van der Waals surface area contributed by atoms with Crippen LogP contribution in [0.4, 0.5) is 0 Å². The SMILES string of the molecule is Cc1cccc(CN(Cc2ccccc2)CC2(O)CCOCC2)c1. The first-order valence-corrected chi connectivity index (χ1v) is 8.75. The molecule has 1 saturated heterocycles. The highest BCUT2D eigenvalue weighted by Gasteiger charge is 2.32. The van der Waals surface area contributed by atoms with Crippen molar-refractivity contribution in [3.8, 4) is 0 Å². The highest BCUT2D eigenvalue weighted by atomic mass is 16.5. The summed E-state index contributed by atoms with van der Waals surface area (Å²) in [5.41, 5.74) is 3.20. The fourth-order valence-electron chi connectivity index (χ4n) is 3.40. The van der Waals surface area contributed by atoms with Crippen LogP contribution in [0.3, 0.4) is 0 Å². The number of hydrogen-bond donors (Lipinski definition) is 1. The first-order valence-electron chi connectivity index (χ1n) is 8.75. The molecule has 0 unspecified atom stereocenters. The maximum absolute atomic E-state index is 10.9. The normalized spacial score (nSPS) is 17.1. The lowest BCUT2D eigenvalue weighted by molar-refractivity contribution is -0.0821. The van der Waals surface area contributed by atoms with E-state index in [9.17, 15) is 5.11 Å². The van der Waals surface area contributed by atoms with Crippen molar-refractivity contribution in [2.45, 2.75) is 38.5 Å². The maximum atomic E-state index is 10.9. The summed E-state index contributed by atoms with van der Waals surface area (Å²) >= 11 is 0. The molecular formula is C21H27NO2. The molecule has 1 N–H and O–H groups in total. The molecule has 128 valence electrons. The quantitative estimate of drug-likeness (QED) is 0.882. The van der Waals surface area contributed by atoms with E-state index in [1.165, 1.54) is 16.7 Å². The Hall–Kier alpha value is -1.68. The van der Waals surface area contributed by atoms with E-state index in [4.69, 9.17) is 4.74 Å². The molecule has 0 bridgehead atoms. The van der Waals surface area contributed by atoms with E-state index in [-0.39, 0.29) is 0 Å². The molecule has 0 spiro atoms. The Balaban J connectivity index is 1.74. The minimum Gasteiger partial charge on any atom is -0.388 e. The van der Waals surface area contributed by atoms with Gasteiger partial charge in [0.05, 0.1) is 5.60 Å². The molecule has 0 aromatic heterocycles. The van der Waals surface area contributed by atoms with E-state index in [0.29, 0.717) is 32.6 Å². The summed E-state index contributed by atoms with van der Waals surface area (Å²) in [6.45, 7) is 5.80. The number of aliphatic hydroxyl groups is 1. The van der Waals surface area contributed by atoms with Crippen molar-refractivity contribution >= 4 is 0 Å². The highest BCUT2D eigenvalue weighted by Crippen LogP contribution is 2.24. The van der Waals surface area contributed by atoms with Crippen LogP contribution in [-0.4, -0.2) is 35.4 Å². The molecular weight excluding hydrogens is 298 g/mol. The first-order chi connectivity index (χ1) is 11.6. The maximum Gasteiger partial charge on any atom is 0.0818 e. The Morgan fingerprint density at radius 3 is 2.33 bits per heavy atom. The number of ether oxygens (including phenoxy) is 1. The first kappa shape index (κ1) is 17.2. The number of benzene rings is 2. The van der Waals surface area contributed by atoms with Gasteiger partial charge >= 0.3 is 0 Å². The predicted molar refractivity (Wildman–Crippen MR) is 96.7 cm³/mol.